The minimum absolute atomic E-state index is 0.0926. The molecule has 6 nitrogen and oxygen atoms in total. The van der Waals surface area contributed by atoms with E-state index in [4.69, 9.17) is 33.0 Å². The fourth-order valence-corrected chi connectivity index (χ4v) is 4.69. The third-order valence-corrected chi connectivity index (χ3v) is 6.54. The zero-order valence-corrected chi connectivity index (χ0v) is 21.2. The molecule has 1 aliphatic heterocycles. The van der Waals surface area contributed by atoms with Crippen LogP contribution in [-0.2, 0) is 11.2 Å². The fraction of sp³-hybridized carbons (Fsp3) is 0.385. The number of rotatable bonds is 9. The van der Waals surface area contributed by atoms with Crippen LogP contribution in [0, 0.1) is 6.92 Å². The highest BCUT2D eigenvalue weighted by atomic mass is 35.5. The number of hydrogen-bond acceptors (Lipinski definition) is 4. The van der Waals surface area contributed by atoms with E-state index in [1.54, 1.807) is 16.8 Å². The molecule has 0 unspecified atom stereocenters. The Hall–Kier alpha value is -2.61. The summed E-state index contributed by atoms with van der Waals surface area (Å²) < 4.78 is 19.7. The summed E-state index contributed by atoms with van der Waals surface area (Å²) in [5, 5.41) is 7.77. The first-order valence-corrected chi connectivity index (χ1v) is 12.6. The summed E-state index contributed by atoms with van der Waals surface area (Å²) in [6, 6.07) is 12.8. The maximum atomic E-state index is 12.8. The van der Waals surface area contributed by atoms with Crippen molar-refractivity contribution in [2.24, 2.45) is 0 Å². The molecule has 0 aliphatic carbocycles. The second-order valence-corrected chi connectivity index (χ2v) is 9.45. The Labute approximate surface area is 214 Å². The maximum absolute atomic E-state index is 12.8. The first-order chi connectivity index (χ1) is 17.0. The number of nitrogens with zero attached hydrogens (tertiary/aromatic N) is 3. The lowest BCUT2D eigenvalue weighted by molar-refractivity contribution is -0.125. The van der Waals surface area contributed by atoms with E-state index in [1.807, 2.05) is 42.3 Å². The minimum Gasteiger partial charge on any atom is -0.493 e. The van der Waals surface area contributed by atoms with E-state index >= 15 is 0 Å². The van der Waals surface area contributed by atoms with Gasteiger partial charge in [-0.2, -0.15) is 5.10 Å². The third kappa shape index (κ3) is 6.34. The Morgan fingerprint density at radius 1 is 1.11 bits per heavy atom. The molecule has 9 heteroatoms. The van der Waals surface area contributed by atoms with Gasteiger partial charge in [0.15, 0.2) is 0 Å². The molecule has 0 bridgehead atoms. The molecular formula is C26H29Cl2FN4O2. The van der Waals surface area contributed by atoms with Gasteiger partial charge in [0.2, 0.25) is 5.91 Å². The molecule has 1 fully saturated rings. The molecule has 35 heavy (non-hydrogen) atoms. The van der Waals surface area contributed by atoms with Crippen LogP contribution in [0.25, 0.3) is 16.9 Å². The summed E-state index contributed by atoms with van der Waals surface area (Å²) >= 11 is 12.7. The molecule has 3 aromatic rings. The van der Waals surface area contributed by atoms with Gasteiger partial charge in [-0.05, 0) is 67.8 Å². The molecule has 0 atom stereocenters. The van der Waals surface area contributed by atoms with Crippen LogP contribution in [0.1, 0.15) is 36.9 Å². The molecule has 0 radical (unpaired) electrons. The second kappa shape index (κ2) is 11.9. The molecule has 1 aliphatic rings. The minimum atomic E-state index is -0.410. The Kier molecular flexibility index (Phi) is 8.65. The van der Waals surface area contributed by atoms with Gasteiger partial charge >= 0.3 is 0 Å². The maximum Gasteiger partial charge on any atom is 0.240 e. The predicted molar refractivity (Wildman–Crippen MR) is 137 cm³/mol. The fourth-order valence-electron chi connectivity index (χ4n) is 4.20. The number of alkyl halides is 1. The van der Waals surface area contributed by atoms with E-state index in [9.17, 15) is 9.18 Å². The van der Waals surface area contributed by atoms with E-state index in [0.717, 1.165) is 42.8 Å². The van der Waals surface area contributed by atoms with Crippen LogP contribution < -0.4 is 10.2 Å². The molecule has 1 N–H and O–H groups in total. The standard InChI is InChI=1S/C26H29Cl2FN4O2/c1-18-23(17-25(34)31-32-13-3-2-4-14-32)30-33(24-11-8-20(27)16-22(24)28)26(18)19-6-9-21(10-7-19)35-15-5-12-29/h6-11,16H,2-5,12-15,17H2,1H3,(H,31,34). The predicted octanol–water partition coefficient (Wildman–Crippen LogP) is 5.95. The highest BCUT2D eigenvalue weighted by Crippen LogP contribution is 2.33. The van der Waals surface area contributed by atoms with Gasteiger partial charge in [-0.3, -0.25) is 14.6 Å². The highest BCUT2D eigenvalue weighted by Gasteiger charge is 2.22. The van der Waals surface area contributed by atoms with Gasteiger partial charge in [-0.15, -0.1) is 0 Å². The lowest BCUT2D eigenvalue weighted by Crippen LogP contribution is -2.45. The average Bonchev–Trinajstić information content (AvgIpc) is 3.15. The van der Waals surface area contributed by atoms with E-state index < -0.39 is 6.67 Å². The topological polar surface area (TPSA) is 59.4 Å². The zero-order chi connectivity index (χ0) is 24.8. The van der Waals surface area contributed by atoms with Gasteiger partial charge in [0.25, 0.3) is 0 Å². The van der Waals surface area contributed by atoms with Gasteiger partial charge < -0.3 is 4.74 Å². The third-order valence-electron chi connectivity index (χ3n) is 6.00. The zero-order valence-electron chi connectivity index (χ0n) is 19.7. The number of amides is 1. The SMILES string of the molecule is Cc1c(CC(=O)NN2CCCCC2)nn(-c2ccc(Cl)cc2Cl)c1-c1ccc(OCCCF)cc1. The summed E-state index contributed by atoms with van der Waals surface area (Å²) in [5.74, 6) is 0.571. The number of carbonyl (C=O) groups is 1. The number of benzene rings is 2. The van der Waals surface area contributed by atoms with Crippen molar-refractivity contribution >= 4 is 29.1 Å². The van der Waals surface area contributed by atoms with Crippen molar-refractivity contribution in [2.75, 3.05) is 26.4 Å². The number of ether oxygens (including phenoxy) is 1. The largest absolute Gasteiger partial charge is 0.493 e. The molecule has 0 saturated carbocycles. The molecule has 0 spiro atoms. The van der Waals surface area contributed by atoms with Crippen LogP contribution in [0.2, 0.25) is 10.0 Å². The number of piperidine rings is 1. The number of carbonyl (C=O) groups excluding carboxylic acids is 1. The van der Waals surface area contributed by atoms with Crippen LogP contribution in [-0.4, -0.2) is 47.1 Å². The molecule has 2 aromatic carbocycles. The first-order valence-electron chi connectivity index (χ1n) is 11.8. The van der Waals surface area contributed by atoms with E-state index in [1.165, 1.54) is 6.42 Å². The van der Waals surface area contributed by atoms with Crippen LogP contribution in [0.3, 0.4) is 0 Å². The number of halogens is 3. The van der Waals surface area contributed by atoms with Gasteiger partial charge in [-0.1, -0.05) is 29.6 Å². The molecule has 1 saturated heterocycles. The van der Waals surface area contributed by atoms with Crippen LogP contribution in [0.15, 0.2) is 42.5 Å². The number of hydrogen-bond donors (Lipinski definition) is 1. The van der Waals surface area contributed by atoms with Crippen LogP contribution >= 0.6 is 23.2 Å². The van der Waals surface area contributed by atoms with Crippen molar-refractivity contribution < 1.29 is 13.9 Å². The van der Waals surface area contributed by atoms with Gasteiger partial charge in [0, 0.05) is 30.1 Å². The van der Waals surface area contributed by atoms with Gasteiger partial charge in [0.1, 0.15) is 5.75 Å². The second-order valence-electron chi connectivity index (χ2n) is 8.60. The number of nitrogens with one attached hydrogen (secondary N) is 1. The summed E-state index contributed by atoms with van der Waals surface area (Å²) in [7, 11) is 0. The number of aromatic nitrogens is 2. The Morgan fingerprint density at radius 3 is 2.54 bits per heavy atom. The lowest BCUT2D eigenvalue weighted by Gasteiger charge is -2.26. The van der Waals surface area contributed by atoms with Crippen molar-refractivity contribution in [2.45, 2.75) is 39.0 Å². The monoisotopic (exact) mass is 518 g/mol. The van der Waals surface area contributed by atoms with E-state index in [2.05, 4.69) is 5.43 Å². The number of hydrazine groups is 1. The van der Waals surface area contributed by atoms with Crippen molar-refractivity contribution in [3.8, 4) is 22.7 Å². The molecule has 2 heterocycles. The average molecular weight is 519 g/mol. The molecule has 1 amide bonds. The summed E-state index contributed by atoms with van der Waals surface area (Å²) in [6.07, 6.45) is 3.87. The van der Waals surface area contributed by atoms with E-state index in [-0.39, 0.29) is 12.3 Å². The van der Waals surface area contributed by atoms with Crippen molar-refractivity contribution in [1.82, 2.24) is 20.2 Å². The van der Waals surface area contributed by atoms with E-state index in [0.29, 0.717) is 40.2 Å². The smallest absolute Gasteiger partial charge is 0.240 e. The van der Waals surface area contributed by atoms with Crippen molar-refractivity contribution in [3.63, 3.8) is 0 Å². The normalized spacial score (nSPS) is 14.2. The van der Waals surface area contributed by atoms with Crippen molar-refractivity contribution in [1.29, 1.82) is 0 Å². The Bertz CT molecular complexity index is 1160. The Morgan fingerprint density at radius 2 is 1.86 bits per heavy atom. The van der Waals surface area contributed by atoms with Crippen molar-refractivity contribution in [3.05, 3.63) is 63.8 Å². The molecule has 186 valence electrons. The Balaban J connectivity index is 1.65. The molecular weight excluding hydrogens is 490 g/mol. The van der Waals surface area contributed by atoms with Gasteiger partial charge in [-0.25, -0.2) is 9.69 Å². The quantitative estimate of drug-likeness (QED) is 0.355. The molecule has 1 aromatic heterocycles. The highest BCUT2D eigenvalue weighted by molar-refractivity contribution is 6.35. The van der Waals surface area contributed by atoms with Crippen LogP contribution in [0.4, 0.5) is 4.39 Å². The first kappa shape index (κ1) is 25.5. The summed E-state index contributed by atoms with van der Waals surface area (Å²) in [4.78, 5) is 12.8. The van der Waals surface area contributed by atoms with Gasteiger partial charge in [0.05, 0.1) is 41.8 Å². The molecule has 4 rings (SSSR count). The summed E-state index contributed by atoms with van der Waals surface area (Å²) in [5.41, 5.74) is 6.95. The lowest BCUT2D eigenvalue weighted by atomic mass is 10.0. The summed E-state index contributed by atoms with van der Waals surface area (Å²) in [6.45, 7) is 3.60. The van der Waals surface area contributed by atoms with Crippen LogP contribution in [0.5, 0.6) is 5.75 Å².